The molecule has 0 aliphatic heterocycles. The maximum absolute atomic E-state index is 4.42. The van der Waals surface area contributed by atoms with E-state index in [2.05, 4.69) is 42.3 Å². The van der Waals surface area contributed by atoms with Gasteiger partial charge in [-0.25, -0.2) is 0 Å². The minimum Gasteiger partial charge on any atom is -0.261 e. The smallest absolute Gasteiger partial charge is 0.0475 e. The van der Waals surface area contributed by atoms with Crippen LogP contribution in [0.1, 0.15) is 37.8 Å². The number of rotatable bonds is 3. The molecule has 1 aliphatic carbocycles. The van der Waals surface area contributed by atoms with Crippen LogP contribution in [0, 0.1) is 0 Å². The van der Waals surface area contributed by atoms with Gasteiger partial charge in [0, 0.05) is 17.8 Å². The Morgan fingerprint density at radius 2 is 2.33 bits per heavy atom. The number of aromatic nitrogens is 1. The number of pyridine rings is 1. The Balaban J connectivity index is 2.09. The molecular formula is C14H17N. The van der Waals surface area contributed by atoms with Crippen molar-refractivity contribution in [2.45, 2.75) is 32.1 Å². The predicted molar refractivity (Wildman–Crippen MR) is 63.7 cm³/mol. The summed E-state index contributed by atoms with van der Waals surface area (Å²) in [6, 6.07) is 6.15. The average molecular weight is 199 g/mol. The third kappa shape index (κ3) is 2.56. The fourth-order valence-electron chi connectivity index (χ4n) is 2.05. The summed E-state index contributed by atoms with van der Waals surface area (Å²) in [5.41, 5.74) is 2.74. The van der Waals surface area contributed by atoms with Crippen molar-refractivity contribution in [3.8, 4) is 0 Å². The number of hydrogen-bond donors (Lipinski definition) is 0. The third-order valence-electron chi connectivity index (χ3n) is 2.80. The van der Waals surface area contributed by atoms with E-state index in [1.807, 2.05) is 12.3 Å². The molecule has 1 heterocycles. The molecule has 0 fully saturated rings. The largest absolute Gasteiger partial charge is 0.261 e. The van der Waals surface area contributed by atoms with Crippen molar-refractivity contribution in [1.82, 2.24) is 4.98 Å². The lowest BCUT2D eigenvalue weighted by Gasteiger charge is -2.17. The van der Waals surface area contributed by atoms with Crippen LogP contribution < -0.4 is 0 Å². The van der Waals surface area contributed by atoms with Gasteiger partial charge in [-0.2, -0.15) is 0 Å². The van der Waals surface area contributed by atoms with Crippen LogP contribution in [0.3, 0.4) is 0 Å². The highest BCUT2D eigenvalue weighted by Crippen LogP contribution is 2.28. The van der Waals surface area contributed by atoms with Gasteiger partial charge in [0.05, 0.1) is 0 Å². The standard InChI is InChI=1S/C14H17N/c1-2-6-12-7-5-8-13(11-12)14-9-3-4-10-15-14/h3-5,7-10,13H,2,6,11H2,1H3. The van der Waals surface area contributed by atoms with E-state index in [0.717, 1.165) is 6.42 Å². The maximum Gasteiger partial charge on any atom is 0.0475 e. The molecule has 1 atom stereocenters. The van der Waals surface area contributed by atoms with Gasteiger partial charge in [-0.1, -0.05) is 43.2 Å². The van der Waals surface area contributed by atoms with Crippen LogP contribution in [0.25, 0.3) is 0 Å². The number of allylic oxidation sites excluding steroid dienone is 4. The first kappa shape index (κ1) is 10.2. The zero-order valence-electron chi connectivity index (χ0n) is 9.19. The molecule has 0 saturated carbocycles. The lowest BCUT2D eigenvalue weighted by Crippen LogP contribution is -2.02. The molecule has 1 heteroatoms. The van der Waals surface area contributed by atoms with Crippen molar-refractivity contribution >= 4 is 0 Å². The Hall–Kier alpha value is -1.37. The minimum atomic E-state index is 0.484. The zero-order valence-corrected chi connectivity index (χ0v) is 9.19. The molecule has 0 radical (unpaired) electrons. The van der Waals surface area contributed by atoms with Crippen molar-refractivity contribution in [2.24, 2.45) is 0 Å². The first-order valence-electron chi connectivity index (χ1n) is 5.67. The molecule has 2 rings (SSSR count). The summed E-state index contributed by atoms with van der Waals surface area (Å²) >= 11 is 0. The fourth-order valence-corrected chi connectivity index (χ4v) is 2.05. The molecule has 0 amide bonds. The summed E-state index contributed by atoms with van der Waals surface area (Å²) in [4.78, 5) is 4.42. The topological polar surface area (TPSA) is 12.9 Å². The van der Waals surface area contributed by atoms with Crippen LogP contribution in [0.15, 0.2) is 48.2 Å². The summed E-state index contributed by atoms with van der Waals surface area (Å²) in [6.45, 7) is 2.23. The molecular weight excluding hydrogens is 182 g/mol. The normalized spacial score (nSPS) is 20.1. The van der Waals surface area contributed by atoms with E-state index in [0.29, 0.717) is 5.92 Å². The molecule has 0 bridgehead atoms. The fraction of sp³-hybridized carbons (Fsp3) is 0.357. The van der Waals surface area contributed by atoms with Crippen LogP contribution in [-0.4, -0.2) is 4.98 Å². The van der Waals surface area contributed by atoms with Crippen LogP contribution >= 0.6 is 0 Å². The third-order valence-corrected chi connectivity index (χ3v) is 2.80. The lowest BCUT2D eigenvalue weighted by atomic mass is 9.89. The second-order valence-electron chi connectivity index (χ2n) is 4.03. The number of nitrogens with zero attached hydrogens (tertiary/aromatic N) is 1. The van der Waals surface area contributed by atoms with Gasteiger partial charge in [0.2, 0.25) is 0 Å². The highest BCUT2D eigenvalue weighted by molar-refractivity contribution is 5.28. The zero-order chi connectivity index (χ0) is 10.5. The Bertz CT molecular complexity index is 362. The highest BCUT2D eigenvalue weighted by Gasteiger charge is 2.13. The van der Waals surface area contributed by atoms with Crippen LogP contribution in [0.4, 0.5) is 0 Å². The second kappa shape index (κ2) is 4.92. The minimum absolute atomic E-state index is 0.484. The first-order chi connectivity index (χ1) is 7.40. The Morgan fingerprint density at radius 3 is 3.07 bits per heavy atom. The van der Waals surface area contributed by atoms with Crippen molar-refractivity contribution in [2.75, 3.05) is 0 Å². The molecule has 0 saturated heterocycles. The molecule has 1 aromatic heterocycles. The molecule has 78 valence electrons. The van der Waals surface area contributed by atoms with E-state index in [1.165, 1.54) is 18.5 Å². The predicted octanol–water partition coefficient (Wildman–Crippen LogP) is 3.85. The van der Waals surface area contributed by atoms with E-state index in [4.69, 9.17) is 0 Å². The highest BCUT2D eigenvalue weighted by atomic mass is 14.7. The molecule has 0 aromatic carbocycles. The Kier molecular flexibility index (Phi) is 3.33. The summed E-state index contributed by atoms with van der Waals surface area (Å²) in [6.07, 6.45) is 12.1. The Labute approximate surface area is 91.6 Å². The first-order valence-corrected chi connectivity index (χ1v) is 5.67. The quantitative estimate of drug-likeness (QED) is 0.720. The molecule has 1 aromatic rings. The van der Waals surface area contributed by atoms with Crippen molar-refractivity contribution in [3.63, 3.8) is 0 Å². The molecule has 1 nitrogen and oxygen atoms in total. The maximum atomic E-state index is 4.42. The van der Waals surface area contributed by atoms with E-state index >= 15 is 0 Å². The van der Waals surface area contributed by atoms with Crippen molar-refractivity contribution < 1.29 is 0 Å². The van der Waals surface area contributed by atoms with Gasteiger partial charge in [-0.05, 0) is 25.0 Å². The van der Waals surface area contributed by atoms with Gasteiger partial charge in [0.1, 0.15) is 0 Å². The average Bonchev–Trinajstić information content (AvgIpc) is 2.31. The van der Waals surface area contributed by atoms with Gasteiger partial charge in [-0.3, -0.25) is 4.98 Å². The second-order valence-corrected chi connectivity index (χ2v) is 4.03. The molecule has 1 aliphatic rings. The van der Waals surface area contributed by atoms with Crippen LogP contribution in [-0.2, 0) is 0 Å². The monoisotopic (exact) mass is 199 g/mol. The van der Waals surface area contributed by atoms with E-state index in [9.17, 15) is 0 Å². The Morgan fingerprint density at radius 1 is 1.40 bits per heavy atom. The van der Waals surface area contributed by atoms with Gasteiger partial charge >= 0.3 is 0 Å². The molecule has 15 heavy (non-hydrogen) atoms. The molecule has 0 spiro atoms. The van der Waals surface area contributed by atoms with Gasteiger partial charge in [0.25, 0.3) is 0 Å². The van der Waals surface area contributed by atoms with Crippen molar-refractivity contribution in [1.29, 1.82) is 0 Å². The SMILES string of the molecule is CCCC1=CC=CC(c2ccccn2)C1. The van der Waals surface area contributed by atoms with E-state index < -0.39 is 0 Å². The number of hydrogen-bond acceptors (Lipinski definition) is 1. The molecule has 1 unspecified atom stereocenters. The summed E-state index contributed by atoms with van der Waals surface area (Å²) in [7, 11) is 0. The van der Waals surface area contributed by atoms with Gasteiger partial charge in [0.15, 0.2) is 0 Å². The van der Waals surface area contributed by atoms with E-state index in [-0.39, 0.29) is 0 Å². The lowest BCUT2D eigenvalue weighted by molar-refractivity contribution is 0.734. The van der Waals surface area contributed by atoms with E-state index in [1.54, 1.807) is 5.57 Å². The summed E-state index contributed by atoms with van der Waals surface area (Å²) < 4.78 is 0. The van der Waals surface area contributed by atoms with Crippen LogP contribution in [0.2, 0.25) is 0 Å². The molecule has 0 N–H and O–H groups in total. The van der Waals surface area contributed by atoms with Crippen LogP contribution in [0.5, 0.6) is 0 Å². The summed E-state index contributed by atoms with van der Waals surface area (Å²) in [5.74, 6) is 0.484. The van der Waals surface area contributed by atoms with Gasteiger partial charge < -0.3 is 0 Å². The van der Waals surface area contributed by atoms with Crippen molar-refractivity contribution in [3.05, 3.63) is 53.9 Å². The van der Waals surface area contributed by atoms with Gasteiger partial charge in [-0.15, -0.1) is 0 Å². The summed E-state index contributed by atoms with van der Waals surface area (Å²) in [5, 5.41) is 0.